The van der Waals surface area contributed by atoms with E-state index < -0.39 is 5.97 Å². The third-order valence-corrected chi connectivity index (χ3v) is 5.85. The molecule has 11 heteroatoms. The molecule has 2 N–H and O–H groups in total. The molecule has 178 valence electrons. The molecule has 4 rings (SSSR count). The summed E-state index contributed by atoms with van der Waals surface area (Å²) in [5, 5.41) is 14.3. The summed E-state index contributed by atoms with van der Waals surface area (Å²) in [5.74, 6) is -0.241. The van der Waals surface area contributed by atoms with Crippen LogP contribution in [0.2, 0.25) is 0 Å². The Morgan fingerprint density at radius 1 is 0.857 bits per heavy atom. The van der Waals surface area contributed by atoms with Crippen molar-refractivity contribution in [3.8, 4) is 5.75 Å². The van der Waals surface area contributed by atoms with Gasteiger partial charge in [-0.05, 0) is 60.7 Å². The smallest absolute Gasteiger partial charge is 0.337 e. The number of carbonyl (C=O) groups is 3. The molecule has 0 aliphatic carbocycles. The molecule has 0 aliphatic rings. The molecule has 0 radical (unpaired) electrons. The molecule has 0 bridgehead atoms. The lowest BCUT2D eigenvalue weighted by atomic mass is 10.2. The van der Waals surface area contributed by atoms with Crippen LogP contribution >= 0.6 is 11.8 Å². The minimum absolute atomic E-state index is 0.0712. The summed E-state index contributed by atoms with van der Waals surface area (Å²) in [5.41, 5.74) is 2.52. The number of hydrogen-bond acceptors (Lipinski definition) is 8. The molecule has 0 saturated carbocycles. The molecule has 4 aromatic rings. The van der Waals surface area contributed by atoms with E-state index in [0.29, 0.717) is 39.1 Å². The lowest BCUT2D eigenvalue weighted by molar-refractivity contribution is -0.113. The zero-order valence-corrected chi connectivity index (χ0v) is 19.7. The molecule has 2 aromatic carbocycles. The lowest BCUT2D eigenvalue weighted by Crippen LogP contribution is -2.15. The Morgan fingerprint density at radius 2 is 1.51 bits per heavy atom. The first kappa shape index (κ1) is 23.8. The minimum atomic E-state index is -0.450. The maximum atomic E-state index is 12.7. The van der Waals surface area contributed by atoms with Crippen molar-refractivity contribution in [2.75, 3.05) is 30.6 Å². The van der Waals surface area contributed by atoms with Gasteiger partial charge in [0, 0.05) is 17.6 Å². The average Bonchev–Trinajstić information content (AvgIpc) is 3.30. The van der Waals surface area contributed by atoms with Crippen molar-refractivity contribution < 1.29 is 23.9 Å². The number of amides is 2. The summed E-state index contributed by atoms with van der Waals surface area (Å²) >= 11 is 1.18. The van der Waals surface area contributed by atoms with Crippen LogP contribution in [-0.2, 0) is 9.53 Å². The number of pyridine rings is 1. The highest BCUT2D eigenvalue weighted by Crippen LogP contribution is 2.20. The fraction of sp³-hybridized carbons (Fsp3) is 0.125. The fourth-order valence-electron chi connectivity index (χ4n) is 3.11. The van der Waals surface area contributed by atoms with Crippen molar-refractivity contribution in [3.05, 3.63) is 78.0 Å². The van der Waals surface area contributed by atoms with E-state index in [1.165, 1.54) is 18.9 Å². The minimum Gasteiger partial charge on any atom is -0.497 e. The predicted molar refractivity (Wildman–Crippen MR) is 131 cm³/mol. The SMILES string of the molecule is COC(=O)c1ccc(NC(=O)CSc2nnc3ccc(C(=O)Nc4ccc(OC)cc4)cn23)cc1. The van der Waals surface area contributed by atoms with E-state index in [1.807, 2.05) is 0 Å². The lowest BCUT2D eigenvalue weighted by Gasteiger charge is -2.08. The number of ether oxygens (including phenoxy) is 2. The Kier molecular flexibility index (Phi) is 7.27. The molecular formula is C24H21N5O5S. The van der Waals surface area contributed by atoms with Crippen LogP contribution in [0.4, 0.5) is 11.4 Å². The molecule has 2 heterocycles. The van der Waals surface area contributed by atoms with E-state index in [0.717, 1.165) is 0 Å². The quantitative estimate of drug-likeness (QED) is 0.284. The number of rotatable bonds is 8. The van der Waals surface area contributed by atoms with Gasteiger partial charge in [0.2, 0.25) is 5.91 Å². The topological polar surface area (TPSA) is 124 Å². The number of anilines is 2. The van der Waals surface area contributed by atoms with E-state index in [2.05, 4.69) is 25.6 Å². The highest BCUT2D eigenvalue weighted by molar-refractivity contribution is 7.99. The zero-order chi connectivity index (χ0) is 24.8. The Balaban J connectivity index is 1.39. The zero-order valence-electron chi connectivity index (χ0n) is 18.8. The van der Waals surface area contributed by atoms with E-state index in [1.54, 1.807) is 78.4 Å². The van der Waals surface area contributed by atoms with Gasteiger partial charge < -0.3 is 20.1 Å². The van der Waals surface area contributed by atoms with Crippen LogP contribution in [0.1, 0.15) is 20.7 Å². The normalized spacial score (nSPS) is 10.6. The van der Waals surface area contributed by atoms with E-state index in [4.69, 9.17) is 4.74 Å². The van der Waals surface area contributed by atoms with Crippen molar-refractivity contribution in [1.82, 2.24) is 14.6 Å². The van der Waals surface area contributed by atoms with Crippen LogP contribution in [-0.4, -0.2) is 52.4 Å². The highest BCUT2D eigenvalue weighted by atomic mass is 32.2. The Morgan fingerprint density at radius 3 is 2.20 bits per heavy atom. The summed E-state index contributed by atoms with van der Waals surface area (Å²) in [6, 6.07) is 16.7. The first-order valence-corrected chi connectivity index (χ1v) is 11.4. The van der Waals surface area contributed by atoms with Crippen LogP contribution in [0.3, 0.4) is 0 Å². The molecule has 0 unspecified atom stereocenters. The van der Waals surface area contributed by atoms with E-state index in [9.17, 15) is 14.4 Å². The predicted octanol–water partition coefficient (Wildman–Crippen LogP) is 3.51. The summed E-state index contributed by atoms with van der Waals surface area (Å²) < 4.78 is 11.4. The van der Waals surface area contributed by atoms with Gasteiger partial charge in [-0.25, -0.2) is 4.79 Å². The number of hydrogen-bond donors (Lipinski definition) is 2. The third kappa shape index (κ3) is 5.76. The second-order valence-electron chi connectivity index (χ2n) is 7.22. The van der Waals surface area contributed by atoms with Gasteiger partial charge in [0.15, 0.2) is 10.8 Å². The maximum absolute atomic E-state index is 12.7. The van der Waals surface area contributed by atoms with Gasteiger partial charge in [-0.2, -0.15) is 0 Å². The number of esters is 1. The summed E-state index contributed by atoms with van der Waals surface area (Å²) in [6.07, 6.45) is 1.62. The third-order valence-electron chi connectivity index (χ3n) is 4.90. The van der Waals surface area contributed by atoms with Crippen LogP contribution < -0.4 is 15.4 Å². The van der Waals surface area contributed by atoms with Gasteiger partial charge in [0.1, 0.15) is 5.75 Å². The van der Waals surface area contributed by atoms with E-state index >= 15 is 0 Å². The van der Waals surface area contributed by atoms with Crippen LogP contribution in [0, 0.1) is 0 Å². The number of nitrogens with zero attached hydrogens (tertiary/aromatic N) is 3. The molecule has 35 heavy (non-hydrogen) atoms. The average molecular weight is 492 g/mol. The van der Waals surface area contributed by atoms with Crippen molar-refractivity contribution in [3.63, 3.8) is 0 Å². The number of methoxy groups -OCH3 is 2. The van der Waals surface area contributed by atoms with Gasteiger partial charge in [0.25, 0.3) is 5.91 Å². The van der Waals surface area contributed by atoms with Crippen molar-refractivity contribution >= 4 is 46.6 Å². The Labute approximate surface area is 204 Å². The van der Waals surface area contributed by atoms with Crippen LogP contribution in [0.5, 0.6) is 5.75 Å². The molecule has 0 aliphatic heterocycles. The van der Waals surface area contributed by atoms with Gasteiger partial charge in [-0.15, -0.1) is 10.2 Å². The highest BCUT2D eigenvalue weighted by Gasteiger charge is 2.13. The maximum Gasteiger partial charge on any atom is 0.337 e. The molecule has 2 amide bonds. The van der Waals surface area contributed by atoms with Gasteiger partial charge in [-0.3, -0.25) is 14.0 Å². The van der Waals surface area contributed by atoms with Gasteiger partial charge in [-0.1, -0.05) is 11.8 Å². The first-order chi connectivity index (χ1) is 17.0. The standard InChI is InChI=1S/C24H21N5O5S/c1-33-19-10-8-18(9-11-19)26-22(31)16-5-12-20-27-28-24(29(20)13-16)35-14-21(30)25-17-6-3-15(4-7-17)23(32)34-2/h3-13H,14H2,1-2H3,(H,25,30)(H,26,31). The molecule has 0 spiro atoms. The molecule has 2 aromatic heterocycles. The number of carbonyl (C=O) groups excluding carboxylic acids is 3. The van der Waals surface area contributed by atoms with Crippen molar-refractivity contribution in [2.24, 2.45) is 0 Å². The Hall–Kier alpha value is -4.38. The molecular weight excluding hydrogens is 470 g/mol. The summed E-state index contributed by atoms with van der Waals surface area (Å²) in [4.78, 5) is 36.6. The Bertz CT molecular complexity index is 1370. The summed E-state index contributed by atoms with van der Waals surface area (Å²) in [7, 11) is 2.88. The molecule has 0 fully saturated rings. The number of benzene rings is 2. The van der Waals surface area contributed by atoms with E-state index in [-0.39, 0.29) is 17.6 Å². The first-order valence-electron chi connectivity index (χ1n) is 10.4. The number of aromatic nitrogens is 3. The summed E-state index contributed by atoms with van der Waals surface area (Å²) in [6.45, 7) is 0. The second kappa shape index (κ2) is 10.7. The molecule has 0 saturated heterocycles. The van der Waals surface area contributed by atoms with Crippen molar-refractivity contribution in [1.29, 1.82) is 0 Å². The number of nitrogens with one attached hydrogen (secondary N) is 2. The largest absolute Gasteiger partial charge is 0.497 e. The molecule has 10 nitrogen and oxygen atoms in total. The monoisotopic (exact) mass is 491 g/mol. The van der Waals surface area contributed by atoms with Crippen molar-refractivity contribution in [2.45, 2.75) is 5.16 Å². The van der Waals surface area contributed by atoms with Gasteiger partial charge in [0.05, 0.1) is 31.1 Å². The van der Waals surface area contributed by atoms with Crippen LogP contribution in [0.25, 0.3) is 5.65 Å². The molecule has 0 atom stereocenters. The number of fused-ring (bicyclic) bond motifs is 1. The van der Waals surface area contributed by atoms with Gasteiger partial charge >= 0.3 is 5.97 Å². The fourth-order valence-corrected chi connectivity index (χ4v) is 3.83. The van der Waals surface area contributed by atoms with Crippen LogP contribution in [0.15, 0.2) is 72.0 Å². The number of thioether (sulfide) groups is 1. The second-order valence-corrected chi connectivity index (χ2v) is 8.16.